The van der Waals surface area contributed by atoms with Crippen LogP contribution in [0.25, 0.3) is 5.57 Å². The molecule has 0 aromatic heterocycles. The number of hydrogen-bond donors (Lipinski definition) is 0. The molecule has 2 heterocycles. The zero-order valence-corrected chi connectivity index (χ0v) is 19.8. The summed E-state index contributed by atoms with van der Waals surface area (Å²) in [6.07, 6.45) is 1.88. The van der Waals surface area contributed by atoms with Crippen molar-refractivity contribution in [2.24, 2.45) is 0 Å². The first kappa shape index (κ1) is 22.0. The number of carbonyl (C=O) groups excluding carboxylic acids is 2. The number of benzene rings is 3. The molecule has 2 aliphatic rings. The minimum Gasteiger partial charge on any atom is -0.494 e. The van der Waals surface area contributed by atoms with E-state index in [9.17, 15) is 9.59 Å². The van der Waals surface area contributed by atoms with Crippen LogP contribution in [0, 0.1) is 13.8 Å². The van der Waals surface area contributed by atoms with Gasteiger partial charge in [0.25, 0.3) is 11.8 Å². The van der Waals surface area contributed by atoms with Gasteiger partial charge in [-0.25, -0.2) is 4.90 Å². The van der Waals surface area contributed by atoms with Gasteiger partial charge in [-0.2, -0.15) is 0 Å². The molecule has 0 bridgehead atoms. The minimum absolute atomic E-state index is 0.278. The van der Waals surface area contributed by atoms with E-state index in [2.05, 4.69) is 6.07 Å². The van der Waals surface area contributed by atoms with Crippen LogP contribution in [0.3, 0.4) is 0 Å². The van der Waals surface area contributed by atoms with Gasteiger partial charge in [0.15, 0.2) is 0 Å². The average molecular weight is 453 g/mol. The second kappa shape index (κ2) is 8.82. The number of aryl methyl sites for hydroxylation is 3. The van der Waals surface area contributed by atoms with Crippen molar-refractivity contribution in [2.75, 3.05) is 23.0 Å². The molecule has 3 aromatic rings. The summed E-state index contributed by atoms with van der Waals surface area (Å²) >= 11 is 0. The van der Waals surface area contributed by atoms with Gasteiger partial charge in [0.05, 0.1) is 17.9 Å². The van der Waals surface area contributed by atoms with E-state index in [1.165, 1.54) is 10.5 Å². The predicted octanol–water partition coefficient (Wildman–Crippen LogP) is 5.44. The molecule has 3 aromatic carbocycles. The highest BCUT2D eigenvalue weighted by Gasteiger charge is 2.44. The number of amides is 2. The molecule has 34 heavy (non-hydrogen) atoms. The normalized spacial score (nSPS) is 15.7. The van der Waals surface area contributed by atoms with Crippen LogP contribution in [0.1, 0.15) is 35.6 Å². The van der Waals surface area contributed by atoms with Gasteiger partial charge in [0.2, 0.25) is 0 Å². The lowest BCUT2D eigenvalue weighted by molar-refractivity contribution is -0.120. The topological polar surface area (TPSA) is 49.9 Å². The maximum atomic E-state index is 14.0. The highest BCUT2D eigenvalue weighted by molar-refractivity contribution is 6.46. The minimum atomic E-state index is -0.291. The lowest BCUT2D eigenvalue weighted by Gasteiger charge is -2.32. The van der Waals surface area contributed by atoms with Gasteiger partial charge in [-0.1, -0.05) is 42.5 Å². The van der Waals surface area contributed by atoms with E-state index >= 15 is 0 Å². The summed E-state index contributed by atoms with van der Waals surface area (Å²) in [7, 11) is 0. The standard InChI is InChI=1S/C29H28N2O3/c1-4-34-23-15-13-22(14-16-23)26-27(30-17-7-9-21-8-5-6-10-24(21)30)29(33)31(28(26)32)25-18-19(2)11-12-20(25)3/h5-6,8,10-16,18H,4,7,9,17H2,1-3H3. The van der Waals surface area contributed by atoms with E-state index in [0.717, 1.165) is 35.4 Å². The van der Waals surface area contributed by atoms with E-state index < -0.39 is 0 Å². The highest BCUT2D eigenvalue weighted by Crippen LogP contribution is 2.40. The van der Waals surface area contributed by atoms with E-state index in [1.54, 1.807) is 0 Å². The molecule has 5 heteroatoms. The molecule has 0 aliphatic carbocycles. The molecule has 2 aliphatic heterocycles. The van der Waals surface area contributed by atoms with Crippen molar-refractivity contribution in [1.29, 1.82) is 0 Å². The summed E-state index contributed by atoms with van der Waals surface area (Å²) in [6.45, 7) is 7.09. The van der Waals surface area contributed by atoms with Crippen molar-refractivity contribution in [2.45, 2.75) is 33.6 Å². The number of para-hydroxylation sites is 1. The fraction of sp³-hybridized carbons (Fsp3) is 0.241. The quantitative estimate of drug-likeness (QED) is 0.484. The number of ether oxygens (including phenoxy) is 1. The Morgan fingerprint density at radius 2 is 1.65 bits per heavy atom. The first-order chi connectivity index (χ1) is 16.5. The van der Waals surface area contributed by atoms with Gasteiger partial charge < -0.3 is 9.64 Å². The summed E-state index contributed by atoms with van der Waals surface area (Å²) < 4.78 is 5.59. The molecular formula is C29H28N2O3. The molecule has 0 saturated heterocycles. The summed E-state index contributed by atoms with van der Waals surface area (Å²) in [5, 5.41) is 0. The summed E-state index contributed by atoms with van der Waals surface area (Å²) in [5.74, 6) is 0.167. The zero-order chi connectivity index (χ0) is 23.8. The molecule has 0 atom stereocenters. The lowest BCUT2D eigenvalue weighted by Crippen LogP contribution is -2.37. The van der Waals surface area contributed by atoms with Gasteiger partial charge in [-0.15, -0.1) is 0 Å². The van der Waals surface area contributed by atoms with Gasteiger partial charge >= 0.3 is 0 Å². The highest BCUT2D eigenvalue weighted by atomic mass is 16.5. The first-order valence-electron chi connectivity index (χ1n) is 11.8. The summed E-state index contributed by atoms with van der Waals surface area (Å²) in [5.41, 5.74) is 6.31. The molecule has 0 unspecified atom stereocenters. The second-order valence-corrected chi connectivity index (χ2v) is 8.80. The number of nitrogens with zero attached hydrogens (tertiary/aromatic N) is 2. The van der Waals surface area contributed by atoms with Crippen LogP contribution >= 0.6 is 0 Å². The van der Waals surface area contributed by atoms with Crippen molar-refractivity contribution in [3.63, 3.8) is 0 Å². The van der Waals surface area contributed by atoms with Crippen LogP contribution in [0.5, 0.6) is 5.75 Å². The van der Waals surface area contributed by atoms with Gasteiger partial charge in [0, 0.05) is 12.2 Å². The monoisotopic (exact) mass is 452 g/mol. The molecular weight excluding hydrogens is 424 g/mol. The fourth-order valence-electron chi connectivity index (χ4n) is 4.86. The van der Waals surface area contributed by atoms with Crippen molar-refractivity contribution >= 4 is 28.8 Å². The zero-order valence-electron chi connectivity index (χ0n) is 19.8. The third kappa shape index (κ3) is 3.67. The number of anilines is 2. The van der Waals surface area contributed by atoms with Crippen molar-refractivity contribution in [3.8, 4) is 5.75 Å². The maximum absolute atomic E-state index is 14.0. The summed E-state index contributed by atoms with van der Waals surface area (Å²) in [6, 6.07) is 21.4. The Kier molecular flexibility index (Phi) is 5.70. The van der Waals surface area contributed by atoms with Gasteiger partial charge in [0.1, 0.15) is 11.4 Å². The number of imide groups is 1. The van der Waals surface area contributed by atoms with Gasteiger partial charge in [-0.05, 0) is 80.1 Å². The Morgan fingerprint density at radius 1 is 0.882 bits per heavy atom. The molecule has 5 rings (SSSR count). The Labute approximate surface area is 200 Å². The Morgan fingerprint density at radius 3 is 2.41 bits per heavy atom. The van der Waals surface area contributed by atoms with Crippen molar-refractivity contribution in [1.82, 2.24) is 0 Å². The van der Waals surface area contributed by atoms with Crippen LogP contribution in [-0.2, 0) is 16.0 Å². The van der Waals surface area contributed by atoms with Crippen LogP contribution in [0.4, 0.5) is 11.4 Å². The van der Waals surface area contributed by atoms with E-state index in [0.29, 0.717) is 35.7 Å². The van der Waals surface area contributed by atoms with E-state index in [-0.39, 0.29) is 11.8 Å². The fourth-order valence-corrected chi connectivity index (χ4v) is 4.86. The first-order valence-corrected chi connectivity index (χ1v) is 11.8. The SMILES string of the molecule is CCOc1ccc(C2=C(N3CCCc4ccccc43)C(=O)N(c3cc(C)ccc3C)C2=O)cc1. The largest absolute Gasteiger partial charge is 0.494 e. The molecule has 5 nitrogen and oxygen atoms in total. The van der Waals surface area contributed by atoms with Crippen LogP contribution in [-0.4, -0.2) is 25.0 Å². The molecule has 0 radical (unpaired) electrons. The summed E-state index contributed by atoms with van der Waals surface area (Å²) in [4.78, 5) is 31.4. The molecule has 172 valence electrons. The third-order valence-electron chi connectivity index (χ3n) is 6.50. The molecule has 0 saturated carbocycles. The molecule has 0 fully saturated rings. The predicted molar refractivity (Wildman–Crippen MR) is 135 cm³/mol. The van der Waals surface area contributed by atoms with Gasteiger partial charge in [-0.3, -0.25) is 9.59 Å². The number of fused-ring (bicyclic) bond motifs is 1. The number of hydrogen-bond acceptors (Lipinski definition) is 4. The molecule has 2 amide bonds. The smallest absolute Gasteiger partial charge is 0.282 e. The molecule has 0 spiro atoms. The van der Waals surface area contributed by atoms with Crippen LogP contribution in [0.15, 0.2) is 72.4 Å². The number of rotatable bonds is 5. The van der Waals surface area contributed by atoms with Crippen LogP contribution < -0.4 is 14.5 Å². The van der Waals surface area contributed by atoms with E-state index in [1.807, 2.05) is 86.3 Å². The average Bonchev–Trinajstić information content (AvgIpc) is 3.10. The number of carbonyl (C=O) groups is 2. The van der Waals surface area contributed by atoms with Crippen molar-refractivity contribution < 1.29 is 14.3 Å². The Balaban J connectivity index is 1.68. The molecule has 0 N–H and O–H groups in total. The lowest BCUT2D eigenvalue weighted by atomic mass is 9.98. The Hall–Kier alpha value is -3.86. The second-order valence-electron chi connectivity index (χ2n) is 8.80. The Bertz CT molecular complexity index is 1310. The maximum Gasteiger partial charge on any atom is 0.282 e. The van der Waals surface area contributed by atoms with Crippen molar-refractivity contribution in [3.05, 3.63) is 94.7 Å². The van der Waals surface area contributed by atoms with Crippen LogP contribution in [0.2, 0.25) is 0 Å². The van der Waals surface area contributed by atoms with E-state index in [4.69, 9.17) is 4.74 Å². The third-order valence-corrected chi connectivity index (χ3v) is 6.50.